The van der Waals surface area contributed by atoms with Gasteiger partial charge in [0.05, 0.1) is 32.1 Å². The molecule has 0 spiro atoms. The van der Waals surface area contributed by atoms with Crippen LogP contribution in [0.15, 0.2) is 48.4 Å². The lowest BCUT2D eigenvalue weighted by molar-refractivity contribution is -0.152. The fourth-order valence-electron chi connectivity index (χ4n) is 5.68. The van der Waals surface area contributed by atoms with Gasteiger partial charge in [-0.2, -0.15) is 0 Å². The Bertz CT molecular complexity index is 1230. The molecule has 9 heteroatoms. The Labute approximate surface area is 217 Å². The molecule has 196 valence electrons. The van der Waals surface area contributed by atoms with Crippen molar-refractivity contribution in [3.8, 4) is 5.75 Å². The van der Waals surface area contributed by atoms with E-state index in [1.807, 2.05) is 31.7 Å². The smallest absolute Gasteiger partial charge is 0.354 e. The molecule has 4 heterocycles. The summed E-state index contributed by atoms with van der Waals surface area (Å²) in [5.41, 5.74) is 8.11. The lowest BCUT2D eigenvalue weighted by Gasteiger charge is -2.43. The number of carbonyl (C=O) groups excluding carboxylic acids is 2. The number of pyridine rings is 1. The number of fused-ring (bicyclic) bond motifs is 3. The maximum absolute atomic E-state index is 13.5. The highest BCUT2D eigenvalue weighted by molar-refractivity contribution is 5.97. The predicted octanol–water partition coefficient (Wildman–Crippen LogP) is 2.49. The number of aromatic nitrogens is 1. The van der Waals surface area contributed by atoms with Gasteiger partial charge in [-0.3, -0.25) is 9.78 Å². The highest BCUT2D eigenvalue weighted by Crippen LogP contribution is 2.54. The van der Waals surface area contributed by atoms with Crippen LogP contribution in [0.4, 0.5) is 5.69 Å². The van der Waals surface area contributed by atoms with Gasteiger partial charge in [-0.15, -0.1) is 0 Å². The average molecular weight is 507 g/mol. The zero-order valence-electron chi connectivity index (χ0n) is 21.8. The van der Waals surface area contributed by atoms with Crippen molar-refractivity contribution < 1.29 is 23.8 Å². The summed E-state index contributed by atoms with van der Waals surface area (Å²) in [6.45, 7) is 8.72. The summed E-state index contributed by atoms with van der Waals surface area (Å²) in [4.78, 5) is 35.4. The van der Waals surface area contributed by atoms with Crippen molar-refractivity contribution >= 4 is 17.6 Å². The van der Waals surface area contributed by atoms with Crippen LogP contribution >= 0.6 is 0 Å². The van der Waals surface area contributed by atoms with E-state index in [0.29, 0.717) is 37.4 Å². The highest BCUT2D eigenvalue weighted by Gasteiger charge is 2.56. The molecule has 1 saturated heterocycles. The molecule has 0 bridgehead atoms. The number of ether oxygens (including phenoxy) is 3. The molecule has 2 unspecified atom stereocenters. The molecule has 37 heavy (non-hydrogen) atoms. The Morgan fingerprint density at radius 1 is 1.19 bits per heavy atom. The number of rotatable bonds is 5. The number of anilines is 1. The van der Waals surface area contributed by atoms with Crippen LogP contribution in [0.2, 0.25) is 0 Å². The Morgan fingerprint density at radius 2 is 1.95 bits per heavy atom. The van der Waals surface area contributed by atoms with Crippen LogP contribution in [0.25, 0.3) is 0 Å². The summed E-state index contributed by atoms with van der Waals surface area (Å²) in [5.74, 6) is -0.251. The number of amides is 1. The van der Waals surface area contributed by atoms with Crippen LogP contribution in [-0.4, -0.2) is 67.3 Å². The fraction of sp³-hybridized carbons (Fsp3) is 0.464. The Morgan fingerprint density at radius 3 is 2.57 bits per heavy atom. The van der Waals surface area contributed by atoms with E-state index in [-0.39, 0.29) is 0 Å². The van der Waals surface area contributed by atoms with Crippen LogP contribution in [0, 0.1) is 0 Å². The predicted molar refractivity (Wildman–Crippen MR) is 138 cm³/mol. The minimum atomic E-state index is -1.31. The number of morpholine rings is 1. The van der Waals surface area contributed by atoms with Crippen molar-refractivity contribution in [2.24, 2.45) is 5.73 Å². The van der Waals surface area contributed by atoms with Crippen molar-refractivity contribution in [1.29, 1.82) is 0 Å². The van der Waals surface area contributed by atoms with E-state index in [9.17, 15) is 9.59 Å². The molecule has 0 aliphatic carbocycles. The lowest BCUT2D eigenvalue weighted by atomic mass is 9.70. The van der Waals surface area contributed by atoms with Gasteiger partial charge in [0.15, 0.2) is 0 Å². The number of carbonyl (C=O) groups is 2. The number of nitrogens with two attached hydrogens (primary N) is 1. The van der Waals surface area contributed by atoms with Crippen molar-refractivity contribution in [2.75, 3.05) is 44.9 Å². The Kier molecular flexibility index (Phi) is 6.35. The summed E-state index contributed by atoms with van der Waals surface area (Å²) >= 11 is 0. The second-order valence-electron chi connectivity index (χ2n) is 10.7. The van der Waals surface area contributed by atoms with Gasteiger partial charge in [0.1, 0.15) is 22.5 Å². The van der Waals surface area contributed by atoms with E-state index >= 15 is 0 Å². The average Bonchev–Trinajstić information content (AvgIpc) is 3.25. The maximum Gasteiger partial charge on any atom is 0.354 e. The van der Waals surface area contributed by atoms with Crippen molar-refractivity contribution in [3.63, 3.8) is 0 Å². The number of esters is 1. The van der Waals surface area contributed by atoms with Gasteiger partial charge in [-0.05, 0) is 68.2 Å². The molecule has 0 radical (unpaired) electrons. The normalized spacial score (nSPS) is 23.1. The van der Waals surface area contributed by atoms with E-state index in [1.54, 1.807) is 31.6 Å². The Hall–Kier alpha value is -3.59. The van der Waals surface area contributed by atoms with Crippen LogP contribution in [0.1, 0.15) is 43.5 Å². The van der Waals surface area contributed by atoms with Crippen molar-refractivity contribution in [1.82, 2.24) is 9.88 Å². The van der Waals surface area contributed by atoms with Gasteiger partial charge in [-0.1, -0.05) is 6.07 Å². The second kappa shape index (κ2) is 9.37. The minimum Gasteiger partial charge on any atom is -0.495 e. The molecule has 3 aliphatic heterocycles. The third-order valence-corrected chi connectivity index (χ3v) is 7.28. The molecule has 2 aromatic rings. The first-order valence-electron chi connectivity index (χ1n) is 12.6. The lowest BCUT2D eigenvalue weighted by Crippen LogP contribution is -2.49. The molecular formula is C28H34N4O5. The molecule has 1 aromatic heterocycles. The number of nitrogens with zero attached hydrogens (tertiary/aromatic N) is 3. The number of benzene rings is 1. The van der Waals surface area contributed by atoms with Crippen molar-refractivity contribution in [2.45, 2.75) is 44.2 Å². The maximum atomic E-state index is 13.5. The zero-order valence-corrected chi connectivity index (χ0v) is 21.8. The van der Waals surface area contributed by atoms with Gasteiger partial charge in [-0.25, -0.2) is 4.79 Å². The zero-order chi connectivity index (χ0) is 26.4. The Balaban J connectivity index is 1.71. The van der Waals surface area contributed by atoms with Gasteiger partial charge in [0.25, 0.3) is 0 Å². The standard InChI is InChI=1S/C28H34N4O5/c1-27(2,3)37-25(33)22-16-28(26(29)34,19-6-5-8-30-17-19)24-20-15-21(31-10-12-36-13-11-31)23(35-4)14-18(20)7-9-32(22)24/h5-6,8,14-17,24H,7,9-13H2,1-4H3,(H2,29,34). The summed E-state index contributed by atoms with van der Waals surface area (Å²) in [5, 5.41) is 0. The van der Waals surface area contributed by atoms with E-state index in [1.165, 1.54) is 0 Å². The van der Waals surface area contributed by atoms with E-state index in [4.69, 9.17) is 19.9 Å². The van der Waals surface area contributed by atoms with Crippen LogP contribution in [0.5, 0.6) is 5.75 Å². The molecule has 3 aliphatic rings. The fourth-order valence-corrected chi connectivity index (χ4v) is 5.68. The molecule has 2 N–H and O–H groups in total. The van der Waals surface area contributed by atoms with E-state index in [0.717, 1.165) is 35.7 Å². The van der Waals surface area contributed by atoms with Crippen LogP contribution in [-0.2, 0) is 30.9 Å². The third kappa shape index (κ3) is 4.31. The van der Waals surface area contributed by atoms with Crippen molar-refractivity contribution in [3.05, 3.63) is 65.1 Å². The van der Waals surface area contributed by atoms with Gasteiger partial charge < -0.3 is 29.7 Å². The first-order chi connectivity index (χ1) is 17.7. The monoisotopic (exact) mass is 506 g/mol. The molecule has 2 atom stereocenters. The first kappa shape index (κ1) is 25.1. The number of methoxy groups -OCH3 is 1. The first-order valence-corrected chi connectivity index (χ1v) is 12.6. The number of hydrogen-bond acceptors (Lipinski definition) is 8. The molecule has 0 saturated carbocycles. The van der Waals surface area contributed by atoms with Gasteiger partial charge in [0, 0.05) is 32.0 Å². The largest absolute Gasteiger partial charge is 0.495 e. The topological polar surface area (TPSA) is 107 Å². The number of primary amides is 1. The van der Waals surface area contributed by atoms with Gasteiger partial charge >= 0.3 is 5.97 Å². The van der Waals surface area contributed by atoms with Crippen LogP contribution in [0.3, 0.4) is 0 Å². The van der Waals surface area contributed by atoms with Crippen LogP contribution < -0.4 is 15.4 Å². The molecule has 1 aromatic carbocycles. The quantitative estimate of drug-likeness (QED) is 0.617. The number of hydrogen-bond donors (Lipinski definition) is 1. The molecule has 9 nitrogen and oxygen atoms in total. The molecule has 1 fully saturated rings. The summed E-state index contributed by atoms with van der Waals surface area (Å²) in [6, 6.07) is 7.23. The van der Waals surface area contributed by atoms with Gasteiger partial charge in [0.2, 0.25) is 5.91 Å². The minimum absolute atomic E-state index is 0.344. The summed E-state index contributed by atoms with van der Waals surface area (Å²) in [7, 11) is 1.67. The second-order valence-corrected chi connectivity index (χ2v) is 10.7. The summed E-state index contributed by atoms with van der Waals surface area (Å²) < 4.78 is 17.1. The van der Waals surface area contributed by atoms with E-state index in [2.05, 4.69) is 22.0 Å². The van der Waals surface area contributed by atoms with E-state index < -0.39 is 28.9 Å². The highest BCUT2D eigenvalue weighted by atomic mass is 16.6. The third-order valence-electron chi connectivity index (χ3n) is 7.28. The molecular weight excluding hydrogens is 472 g/mol. The molecule has 1 amide bonds. The molecule has 5 rings (SSSR count). The SMILES string of the molecule is COc1cc2c(cc1N1CCOCC1)C1N(CC2)C(C(=O)OC(C)(C)C)=CC1(C(N)=O)c1cccnc1. The summed E-state index contributed by atoms with van der Waals surface area (Å²) in [6.07, 6.45) is 5.67.